The van der Waals surface area contributed by atoms with E-state index in [4.69, 9.17) is 6.57 Å². The largest absolute Gasteiger partial charge is 0.395 e. The van der Waals surface area contributed by atoms with Gasteiger partial charge >= 0.3 is 11.8 Å². The number of hydrogen-bond acceptors (Lipinski definition) is 3. The lowest BCUT2D eigenvalue weighted by molar-refractivity contribution is -0.157. The fraction of sp³-hybridized carbons (Fsp3) is 0.462. The van der Waals surface area contributed by atoms with Gasteiger partial charge in [-0.25, -0.2) is 19.4 Å². The lowest BCUT2D eigenvalue weighted by Gasteiger charge is -2.28. The summed E-state index contributed by atoms with van der Waals surface area (Å²) in [7, 11) is -3.38. The number of benzene rings is 2. The van der Waals surface area contributed by atoms with Crippen LogP contribution in [0.3, 0.4) is 0 Å². The van der Waals surface area contributed by atoms with Gasteiger partial charge in [-0.05, 0) is 55.5 Å². The van der Waals surface area contributed by atoms with Crippen molar-refractivity contribution in [3.05, 3.63) is 65.5 Å². The van der Waals surface area contributed by atoms with E-state index in [9.17, 15) is 30.8 Å². The summed E-state index contributed by atoms with van der Waals surface area (Å²) < 4.78 is 80.1. The van der Waals surface area contributed by atoms with Crippen LogP contribution < -0.4 is 5.32 Å². The summed E-state index contributed by atoms with van der Waals surface area (Å²) in [5.41, 5.74) is -1.82. The Labute approximate surface area is 208 Å². The van der Waals surface area contributed by atoms with E-state index in [2.05, 4.69) is 10.2 Å². The Morgan fingerprint density at radius 3 is 1.92 bits per heavy atom. The first-order chi connectivity index (χ1) is 16.5. The van der Waals surface area contributed by atoms with E-state index in [0.29, 0.717) is 24.0 Å². The normalized spacial score (nSPS) is 17.1. The maximum Gasteiger partial charge on any atom is 0.395 e. The summed E-state index contributed by atoms with van der Waals surface area (Å²) in [6, 6.07) is 11.6. The highest BCUT2D eigenvalue weighted by Crippen LogP contribution is 2.43. The molecule has 0 radical (unpaired) electrons. The molecule has 0 unspecified atom stereocenters. The third-order valence-electron chi connectivity index (χ3n) is 6.24. The molecule has 0 heterocycles. The van der Waals surface area contributed by atoms with E-state index in [1.165, 1.54) is 50.2 Å². The van der Waals surface area contributed by atoms with Gasteiger partial charge < -0.3 is 0 Å². The van der Waals surface area contributed by atoms with Gasteiger partial charge in [0.25, 0.3) is 0 Å². The minimum atomic E-state index is -4.69. The molecule has 1 N–H and O–H groups in total. The van der Waals surface area contributed by atoms with Crippen molar-refractivity contribution in [3.63, 3.8) is 0 Å². The first-order valence-corrected chi connectivity index (χ1v) is 13.3. The Balaban J connectivity index is 1.86. The molecule has 0 saturated heterocycles. The lowest BCUT2D eigenvalue weighted by atomic mass is 9.82. The molecule has 0 bridgehead atoms. The van der Waals surface area contributed by atoms with Crippen molar-refractivity contribution < 1.29 is 30.8 Å². The molecular formula is C26H28F4N2O3S. The van der Waals surface area contributed by atoms with Crippen LogP contribution >= 0.6 is 0 Å². The van der Waals surface area contributed by atoms with E-state index < -0.39 is 57.9 Å². The van der Waals surface area contributed by atoms with E-state index >= 15 is 0 Å². The number of nitrogens with one attached hydrogen (secondary N) is 1. The number of halogens is 4. The first kappa shape index (κ1) is 27.7. The molecule has 2 aromatic rings. The van der Waals surface area contributed by atoms with Gasteiger partial charge in [0.2, 0.25) is 5.91 Å². The van der Waals surface area contributed by atoms with Crippen molar-refractivity contribution in [2.45, 2.75) is 67.9 Å². The predicted molar refractivity (Wildman–Crippen MR) is 128 cm³/mol. The molecule has 1 amide bonds. The van der Waals surface area contributed by atoms with Gasteiger partial charge in [-0.15, -0.1) is 0 Å². The minimum absolute atomic E-state index is 0.0696. The lowest BCUT2D eigenvalue weighted by Crippen LogP contribution is -2.42. The van der Waals surface area contributed by atoms with Crippen molar-refractivity contribution in [2.75, 3.05) is 6.26 Å². The molecule has 1 fully saturated rings. The quantitative estimate of drug-likeness (QED) is 0.320. The summed E-state index contributed by atoms with van der Waals surface area (Å²) in [6.07, 6.45) is -3.83. The Bertz CT molecular complexity index is 1240. The number of carbonyl (C=O) groups excluding carboxylic acids is 1. The maximum atomic E-state index is 14.5. The summed E-state index contributed by atoms with van der Waals surface area (Å²) >= 11 is 0. The van der Waals surface area contributed by atoms with E-state index in [0.717, 1.165) is 6.26 Å². The second kappa shape index (κ2) is 9.85. The zero-order chi connectivity index (χ0) is 26.9. The van der Waals surface area contributed by atoms with E-state index in [-0.39, 0.29) is 10.5 Å². The number of carbonyl (C=O) groups is 1. The number of alkyl halides is 4. The fourth-order valence-corrected chi connectivity index (χ4v) is 4.76. The molecule has 194 valence electrons. The van der Waals surface area contributed by atoms with E-state index in [1.807, 2.05) is 0 Å². The molecule has 1 aliphatic carbocycles. The highest BCUT2D eigenvalue weighted by Gasteiger charge is 2.54. The monoisotopic (exact) mass is 524 g/mol. The molecule has 3 rings (SSSR count). The molecule has 1 aliphatic rings. The zero-order valence-electron chi connectivity index (χ0n) is 20.2. The van der Waals surface area contributed by atoms with Crippen LogP contribution in [0.1, 0.15) is 51.0 Å². The van der Waals surface area contributed by atoms with Crippen LogP contribution in [-0.4, -0.2) is 38.1 Å². The van der Waals surface area contributed by atoms with Crippen molar-refractivity contribution in [2.24, 2.45) is 5.92 Å². The van der Waals surface area contributed by atoms with Gasteiger partial charge in [0.05, 0.1) is 23.7 Å². The number of rotatable bonds is 9. The molecular weight excluding hydrogens is 496 g/mol. The van der Waals surface area contributed by atoms with Crippen molar-refractivity contribution in [3.8, 4) is 11.1 Å². The zero-order valence-corrected chi connectivity index (χ0v) is 21.0. The average molecular weight is 525 g/mol. The van der Waals surface area contributed by atoms with Crippen LogP contribution in [0.5, 0.6) is 0 Å². The van der Waals surface area contributed by atoms with Crippen molar-refractivity contribution >= 4 is 15.7 Å². The summed E-state index contributed by atoms with van der Waals surface area (Å²) in [5, 5.41) is 2.52. The summed E-state index contributed by atoms with van der Waals surface area (Å²) in [4.78, 5) is 16.3. The fourth-order valence-electron chi connectivity index (χ4n) is 4.13. The number of sulfone groups is 1. The molecule has 1 saturated carbocycles. The van der Waals surface area contributed by atoms with Gasteiger partial charge in [-0.1, -0.05) is 36.4 Å². The molecule has 36 heavy (non-hydrogen) atoms. The van der Waals surface area contributed by atoms with Gasteiger partial charge in [0, 0.05) is 12.2 Å². The standard InChI is InChI=1S/C26H28F4N2O3S/c1-24(2,27)16-20(23(33)32-25(31-3)13-14-25)15-22(26(28,29)30)19-7-5-17(6-8-19)18-9-11-21(12-10-18)36(4,34)35/h5-12,20,22H,13-16H2,1-2,4H3,(H,32,33)/t20-,22-/m0/s1. The molecule has 5 nitrogen and oxygen atoms in total. The smallest absolute Gasteiger partial charge is 0.287 e. The molecule has 10 heteroatoms. The van der Waals surface area contributed by atoms with Gasteiger partial charge in [-0.3, -0.25) is 15.0 Å². The maximum absolute atomic E-state index is 14.5. The molecule has 0 aliphatic heterocycles. The number of amides is 1. The third kappa shape index (κ3) is 7.06. The van der Waals surface area contributed by atoms with E-state index in [1.54, 1.807) is 12.1 Å². The minimum Gasteiger partial charge on any atom is -0.287 e. The van der Waals surface area contributed by atoms with Crippen LogP contribution in [0.25, 0.3) is 16.0 Å². The Morgan fingerprint density at radius 2 is 1.53 bits per heavy atom. The summed E-state index contributed by atoms with van der Waals surface area (Å²) in [6.45, 7) is 9.64. The van der Waals surface area contributed by atoms with Crippen molar-refractivity contribution in [1.29, 1.82) is 0 Å². The average Bonchev–Trinajstić information content (AvgIpc) is 3.54. The Hall–Kier alpha value is -2.93. The molecule has 2 aromatic carbocycles. The van der Waals surface area contributed by atoms with Gasteiger partial charge in [0.1, 0.15) is 5.67 Å². The SMILES string of the molecule is [C-]#[N+]C1(NC(=O)[C@@H](C[C@@H](c2ccc(-c3ccc(S(C)(=O)=O)cc3)cc2)C(F)(F)F)CC(C)(C)F)CC1. The number of nitrogens with zero attached hydrogens (tertiary/aromatic N) is 1. The predicted octanol–water partition coefficient (Wildman–Crippen LogP) is 6.07. The van der Waals surface area contributed by atoms with Gasteiger partial charge in [-0.2, -0.15) is 13.2 Å². The van der Waals surface area contributed by atoms with Crippen molar-refractivity contribution in [1.82, 2.24) is 5.32 Å². The Morgan fingerprint density at radius 1 is 1.03 bits per heavy atom. The molecule has 0 aromatic heterocycles. The highest BCUT2D eigenvalue weighted by atomic mass is 32.2. The first-order valence-electron chi connectivity index (χ1n) is 11.4. The second-order valence-corrected chi connectivity index (χ2v) is 12.0. The molecule has 0 spiro atoms. The van der Waals surface area contributed by atoms with Crippen LogP contribution in [0.4, 0.5) is 17.6 Å². The van der Waals surface area contributed by atoms with Crippen LogP contribution in [0.15, 0.2) is 53.4 Å². The number of hydrogen-bond donors (Lipinski definition) is 1. The van der Waals surface area contributed by atoms with Crippen LogP contribution in [-0.2, 0) is 14.6 Å². The van der Waals surface area contributed by atoms with Crippen LogP contribution in [0.2, 0.25) is 0 Å². The van der Waals surface area contributed by atoms with Gasteiger partial charge in [0.15, 0.2) is 9.84 Å². The highest BCUT2D eigenvalue weighted by molar-refractivity contribution is 7.90. The van der Waals surface area contributed by atoms with Crippen LogP contribution in [0, 0.1) is 12.5 Å². The Kier molecular flexibility index (Phi) is 7.56. The summed E-state index contributed by atoms with van der Waals surface area (Å²) in [5.74, 6) is -4.04. The second-order valence-electron chi connectivity index (χ2n) is 10.0. The molecule has 2 atom stereocenters. The third-order valence-corrected chi connectivity index (χ3v) is 7.37. The topological polar surface area (TPSA) is 67.6 Å².